The van der Waals surface area contributed by atoms with Gasteiger partial charge in [-0.1, -0.05) is 0 Å². The fraction of sp³-hybridized carbons (Fsp3) is 0.583. The number of nitrogens with zero attached hydrogens (tertiary/aromatic N) is 3. The smallest absolute Gasteiger partial charge is 0.246 e. The van der Waals surface area contributed by atoms with Gasteiger partial charge in [-0.05, 0) is 34.8 Å². The largest absolute Gasteiger partial charge is 0.383 e. The molecule has 20 heavy (non-hydrogen) atoms. The Labute approximate surface area is 127 Å². The SMILES string of the molecule is Nc1ncc(Br)cc1S(=O)(=O)N1CCN(C2CC2)CC1. The molecule has 2 fully saturated rings. The lowest BCUT2D eigenvalue weighted by Crippen LogP contribution is -2.49. The second-order valence-corrected chi connectivity index (χ2v) is 8.03. The summed E-state index contributed by atoms with van der Waals surface area (Å²) in [7, 11) is -3.55. The number of hydrogen-bond donors (Lipinski definition) is 1. The third-order valence-electron chi connectivity index (χ3n) is 3.80. The van der Waals surface area contributed by atoms with Crippen LogP contribution in [-0.2, 0) is 10.0 Å². The summed E-state index contributed by atoms with van der Waals surface area (Å²) in [6.07, 6.45) is 3.99. The highest BCUT2D eigenvalue weighted by molar-refractivity contribution is 9.10. The molecule has 1 saturated carbocycles. The minimum absolute atomic E-state index is 0.0535. The van der Waals surface area contributed by atoms with Gasteiger partial charge in [0.2, 0.25) is 10.0 Å². The molecule has 1 aromatic rings. The number of aromatic nitrogens is 1. The van der Waals surface area contributed by atoms with Crippen LogP contribution in [0.1, 0.15) is 12.8 Å². The third kappa shape index (κ3) is 2.69. The van der Waals surface area contributed by atoms with Crippen LogP contribution in [0.15, 0.2) is 21.6 Å². The van der Waals surface area contributed by atoms with Crippen molar-refractivity contribution in [1.29, 1.82) is 0 Å². The lowest BCUT2D eigenvalue weighted by atomic mass is 10.3. The highest BCUT2D eigenvalue weighted by Crippen LogP contribution is 2.29. The number of nitrogens with two attached hydrogens (primary N) is 1. The molecule has 2 heterocycles. The first-order valence-electron chi connectivity index (χ1n) is 6.64. The Balaban J connectivity index is 1.79. The Kier molecular flexibility index (Phi) is 3.74. The van der Waals surface area contributed by atoms with Crippen molar-refractivity contribution in [3.8, 4) is 0 Å². The molecule has 8 heteroatoms. The van der Waals surface area contributed by atoms with Gasteiger partial charge in [0.15, 0.2) is 0 Å². The Morgan fingerprint density at radius 2 is 1.90 bits per heavy atom. The van der Waals surface area contributed by atoms with Crippen molar-refractivity contribution in [2.45, 2.75) is 23.8 Å². The van der Waals surface area contributed by atoms with Crippen LogP contribution in [0, 0.1) is 0 Å². The highest BCUT2D eigenvalue weighted by Gasteiger charge is 2.35. The number of hydrogen-bond acceptors (Lipinski definition) is 5. The van der Waals surface area contributed by atoms with Crippen LogP contribution in [0.25, 0.3) is 0 Å². The number of piperazine rings is 1. The highest BCUT2D eigenvalue weighted by atomic mass is 79.9. The molecular formula is C12H17BrN4O2S. The first-order chi connectivity index (χ1) is 9.48. The normalized spacial score (nSPS) is 22.1. The predicted octanol–water partition coefficient (Wildman–Crippen LogP) is 0.895. The molecule has 1 saturated heterocycles. The molecule has 3 rings (SSSR count). The van der Waals surface area contributed by atoms with E-state index in [-0.39, 0.29) is 10.7 Å². The Hall–Kier alpha value is -0.700. The van der Waals surface area contributed by atoms with Crippen LogP contribution in [0.2, 0.25) is 0 Å². The zero-order chi connectivity index (χ0) is 14.3. The molecule has 0 radical (unpaired) electrons. The van der Waals surface area contributed by atoms with E-state index in [4.69, 9.17) is 5.73 Å². The monoisotopic (exact) mass is 360 g/mol. The van der Waals surface area contributed by atoms with Gasteiger partial charge in [-0.2, -0.15) is 4.31 Å². The average molecular weight is 361 g/mol. The van der Waals surface area contributed by atoms with E-state index in [1.54, 1.807) is 0 Å². The maximum Gasteiger partial charge on any atom is 0.246 e. The van der Waals surface area contributed by atoms with Crippen molar-refractivity contribution < 1.29 is 8.42 Å². The number of pyridine rings is 1. The van der Waals surface area contributed by atoms with E-state index in [1.165, 1.54) is 29.4 Å². The number of halogens is 1. The van der Waals surface area contributed by atoms with Crippen LogP contribution in [0.4, 0.5) is 5.82 Å². The van der Waals surface area contributed by atoms with Gasteiger partial charge in [0, 0.05) is 42.9 Å². The van der Waals surface area contributed by atoms with E-state index < -0.39 is 10.0 Å². The van der Waals surface area contributed by atoms with Crippen molar-refractivity contribution >= 4 is 31.8 Å². The number of nitrogen functional groups attached to an aromatic ring is 1. The molecule has 2 aliphatic rings. The summed E-state index contributed by atoms with van der Waals surface area (Å²) in [5.74, 6) is 0.0535. The Morgan fingerprint density at radius 1 is 1.25 bits per heavy atom. The predicted molar refractivity (Wildman–Crippen MR) is 79.7 cm³/mol. The Bertz CT molecular complexity index is 610. The van der Waals surface area contributed by atoms with Crippen LogP contribution in [-0.4, -0.2) is 54.8 Å². The van der Waals surface area contributed by atoms with Crippen molar-refractivity contribution in [1.82, 2.24) is 14.2 Å². The van der Waals surface area contributed by atoms with Crippen molar-refractivity contribution in [2.24, 2.45) is 0 Å². The van der Waals surface area contributed by atoms with Crippen molar-refractivity contribution in [3.05, 3.63) is 16.7 Å². The second kappa shape index (κ2) is 5.25. The van der Waals surface area contributed by atoms with E-state index in [0.29, 0.717) is 23.6 Å². The summed E-state index contributed by atoms with van der Waals surface area (Å²) >= 11 is 3.24. The molecule has 6 nitrogen and oxygen atoms in total. The number of anilines is 1. The minimum Gasteiger partial charge on any atom is -0.383 e. The molecule has 2 N–H and O–H groups in total. The lowest BCUT2D eigenvalue weighted by molar-refractivity contribution is 0.180. The molecule has 0 bridgehead atoms. The van der Waals surface area contributed by atoms with Gasteiger partial charge < -0.3 is 5.73 Å². The number of rotatable bonds is 3. The zero-order valence-electron chi connectivity index (χ0n) is 11.0. The standard InChI is InChI=1S/C12H17BrN4O2S/c13-9-7-11(12(14)15-8-9)20(18,19)17-5-3-16(4-6-17)10-1-2-10/h7-8,10H,1-6H2,(H2,14,15). The summed E-state index contributed by atoms with van der Waals surface area (Å²) in [6.45, 7) is 2.63. The van der Waals surface area contributed by atoms with Crippen LogP contribution in [0.5, 0.6) is 0 Å². The minimum atomic E-state index is -3.55. The van der Waals surface area contributed by atoms with Crippen LogP contribution in [0.3, 0.4) is 0 Å². The molecule has 0 aromatic carbocycles. The van der Waals surface area contributed by atoms with Gasteiger partial charge in [-0.3, -0.25) is 4.90 Å². The molecule has 0 atom stereocenters. The van der Waals surface area contributed by atoms with Crippen molar-refractivity contribution in [3.63, 3.8) is 0 Å². The first kappa shape index (κ1) is 14.2. The lowest BCUT2D eigenvalue weighted by Gasteiger charge is -2.34. The average Bonchev–Trinajstić information content (AvgIpc) is 3.26. The molecule has 0 spiro atoms. The van der Waals surface area contributed by atoms with E-state index >= 15 is 0 Å². The topological polar surface area (TPSA) is 79.5 Å². The van der Waals surface area contributed by atoms with Gasteiger partial charge >= 0.3 is 0 Å². The van der Waals surface area contributed by atoms with E-state index in [9.17, 15) is 8.42 Å². The third-order valence-corrected chi connectivity index (χ3v) is 6.16. The van der Waals surface area contributed by atoms with E-state index in [2.05, 4.69) is 25.8 Å². The fourth-order valence-electron chi connectivity index (χ4n) is 2.53. The maximum atomic E-state index is 12.6. The number of sulfonamides is 1. The fourth-order valence-corrected chi connectivity index (χ4v) is 4.52. The molecule has 1 aromatic heterocycles. The van der Waals surface area contributed by atoms with E-state index in [1.807, 2.05) is 0 Å². The molecule has 0 unspecified atom stereocenters. The van der Waals surface area contributed by atoms with Gasteiger partial charge in [0.05, 0.1) is 0 Å². The van der Waals surface area contributed by atoms with Gasteiger partial charge in [0.25, 0.3) is 0 Å². The summed E-state index contributed by atoms with van der Waals surface area (Å²) in [5, 5.41) is 0. The summed E-state index contributed by atoms with van der Waals surface area (Å²) in [6, 6.07) is 2.20. The molecule has 1 aliphatic carbocycles. The van der Waals surface area contributed by atoms with Gasteiger partial charge in [0.1, 0.15) is 10.7 Å². The van der Waals surface area contributed by atoms with Crippen LogP contribution < -0.4 is 5.73 Å². The maximum absolute atomic E-state index is 12.6. The molecule has 110 valence electrons. The van der Waals surface area contributed by atoms with Crippen LogP contribution >= 0.6 is 15.9 Å². The van der Waals surface area contributed by atoms with Gasteiger partial charge in [-0.25, -0.2) is 13.4 Å². The molecular weight excluding hydrogens is 344 g/mol. The second-order valence-electron chi connectivity index (χ2n) is 5.21. The van der Waals surface area contributed by atoms with E-state index in [0.717, 1.165) is 13.1 Å². The Morgan fingerprint density at radius 3 is 2.50 bits per heavy atom. The molecule has 0 amide bonds. The summed E-state index contributed by atoms with van der Waals surface area (Å²) in [5.41, 5.74) is 5.72. The molecule has 1 aliphatic heterocycles. The quantitative estimate of drug-likeness (QED) is 0.865. The first-order valence-corrected chi connectivity index (χ1v) is 8.87. The zero-order valence-corrected chi connectivity index (χ0v) is 13.4. The van der Waals surface area contributed by atoms with Gasteiger partial charge in [-0.15, -0.1) is 0 Å². The summed E-state index contributed by atoms with van der Waals surface area (Å²) in [4.78, 5) is 6.37. The van der Waals surface area contributed by atoms with Crippen molar-refractivity contribution in [2.75, 3.05) is 31.9 Å². The summed E-state index contributed by atoms with van der Waals surface area (Å²) < 4.78 is 27.4.